The maximum atomic E-state index is 13.0. The SMILES string of the molecule is COc1ccc(C2(C(=O)N[C@@H]3CCCNC3=O)CCCC2)cc1. The van der Waals surface area contributed by atoms with E-state index in [1.54, 1.807) is 7.11 Å². The molecule has 1 heterocycles. The Hall–Kier alpha value is -2.04. The molecule has 23 heavy (non-hydrogen) atoms. The van der Waals surface area contributed by atoms with Gasteiger partial charge in [0, 0.05) is 6.54 Å². The number of carbonyl (C=O) groups excluding carboxylic acids is 2. The van der Waals surface area contributed by atoms with Gasteiger partial charge in [0.15, 0.2) is 0 Å². The van der Waals surface area contributed by atoms with Crippen LogP contribution in [0.3, 0.4) is 0 Å². The molecule has 1 aliphatic carbocycles. The van der Waals surface area contributed by atoms with Crippen molar-refractivity contribution in [3.63, 3.8) is 0 Å². The van der Waals surface area contributed by atoms with Crippen LogP contribution < -0.4 is 15.4 Å². The highest BCUT2D eigenvalue weighted by Gasteiger charge is 2.44. The zero-order valence-electron chi connectivity index (χ0n) is 13.6. The van der Waals surface area contributed by atoms with Crippen molar-refractivity contribution >= 4 is 11.8 Å². The summed E-state index contributed by atoms with van der Waals surface area (Å²) in [5.74, 6) is 0.712. The second kappa shape index (κ2) is 6.60. The quantitative estimate of drug-likeness (QED) is 0.891. The molecule has 5 heteroatoms. The van der Waals surface area contributed by atoms with Crippen LogP contribution >= 0.6 is 0 Å². The highest BCUT2D eigenvalue weighted by atomic mass is 16.5. The van der Waals surface area contributed by atoms with Crippen molar-refractivity contribution in [3.8, 4) is 5.75 Å². The monoisotopic (exact) mass is 316 g/mol. The molecule has 1 aromatic carbocycles. The lowest BCUT2D eigenvalue weighted by Gasteiger charge is -2.32. The third-order valence-electron chi connectivity index (χ3n) is 5.12. The fraction of sp³-hybridized carbons (Fsp3) is 0.556. The topological polar surface area (TPSA) is 67.4 Å². The Morgan fingerprint density at radius 3 is 2.52 bits per heavy atom. The van der Waals surface area contributed by atoms with Crippen molar-refractivity contribution in [2.75, 3.05) is 13.7 Å². The summed E-state index contributed by atoms with van der Waals surface area (Å²) < 4.78 is 5.21. The molecule has 1 saturated carbocycles. The van der Waals surface area contributed by atoms with Crippen molar-refractivity contribution < 1.29 is 14.3 Å². The number of piperidine rings is 1. The fourth-order valence-electron chi connectivity index (χ4n) is 3.74. The Morgan fingerprint density at radius 1 is 1.22 bits per heavy atom. The highest BCUT2D eigenvalue weighted by Crippen LogP contribution is 2.42. The average Bonchev–Trinajstić information content (AvgIpc) is 3.08. The molecule has 2 N–H and O–H groups in total. The molecule has 2 aliphatic rings. The Kier molecular flexibility index (Phi) is 4.55. The lowest BCUT2D eigenvalue weighted by Crippen LogP contribution is -2.54. The molecule has 2 amide bonds. The first kappa shape index (κ1) is 15.8. The molecule has 3 rings (SSSR count). The van der Waals surface area contributed by atoms with E-state index in [4.69, 9.17) is 4.74 Å². The number of amides is 2. The number of methoxy groups -OCH3 is 1. The molecule has 0 spiro atoms. The number of hydrogen-bond donors (Lipinski definition) is 2. The van der Waals surface area contributed by atoms with Gasteiger partial charge in [-0.3, -0.25) is 9.59 Å². The number of hydrogen-bond acceptors (Lipinski definition) is 3. The minimum absolute atomic E-state index is 0.0118. The summed E-state index contributed by atoms with van der Waals surface area (Å²) in [6.07, 6.45) is 5.37. The Morgan fingerprint density at radius 2 is 1.91 bits per heavy atom. The maximum Gasteiger partial charge on any atom is 0.242 e. The molecule has 1 aliphatic heterocycles. The second-order valence-corrected chi connectivity index (χ2v) is 6.48. The number of ether oxygens (including phenoxy) is 1. The molecule has 0 unspecified atom stereocenters. The standard InChI is InChI=1S/C18H24N2O3/c1-23-14-8-6-13(7-9-14)18(10-2-3-11-18)17(22)20-15-5-4-12-19-16(15)21/h6-9,15H,2-5,10-12H2,1H3,(H,19,21)(H,20,22)/t15-/m1/s1. The predicted octanol–water partition coefficient (Wildman–Crippen LogP) is 1.90. The van der Waals surface area contributed by atoms with Gasteiger partial charge in [0.25, 0.3) is 0 Å². The lowest BCUT2D eigenvalue weighted by atomic mass is 9.77. The fourth-order valence-corrected chi connectivity index (χ4v) is 3.74. The Bertz CT molecular complexity index is 576. The molecule has 5 nitrogen and oxygen atoms in total. The van der Waals surface area contributed by atoms with Crippen LogP contribution in [0, 0.1) is 0 Å². The van der Waals surface area contributed by atoms with Crippen LogP contribution in [-0.4, -0.2) is 31.5 Å². The van der Waals surface area contributed by atoms with Crippen molar-refractivity contribution in [2.24, 2.45) is 0 Å². The van der Waals surface area contributed by atoms with Crippen molar-refractivity contribution in [1.29, 1.82) is 0 Å². The predicted molar refractivity (Wildman–Crippen MR) is 87.3 cm³/mol. The Balaban J connectivity index is 1.81. The van der Waals surface area contributed by atoms with Crippen LogP contribution in [0.1, 0.15) is 44.1 Å². The summed E-state index contributed by atoms with van der Waals surface area (Å²) in [7, 11) is 1.63. The van der Waals surface area contributed by atoms with Gasteiger partial charge in [-0.05, 0) is 43.4 Å². The average molecular weight is 316 g/mol. The molecule has 0 radical (unpaired) electrons. The van der Waals surface area contributed by atoms with Crippen LogP contribution in [0.15, 0.2) is 24.3 Å². The first-order valence-electron chi connectivity index (χ1n) is 8.39. The maximum absolute atomic E-state index is 13.0. The van der Waals surface area contributed by atoms with E-state index < -0.39 is 11.5 Å². The van der Waals surface area contributed by atoms with E-state index in [2.05, 4.69) is 10.6 Å². The first-order valence-corrected chi connectivity index (χ1v) is 8.39. The van der Waals surface area contributed by atoms with Crippen molar-refractivity contribution in [3.05, 3.63) is 29.8 Å². The molecular weight excluding hydrogens is 292 g/mol. The zero-order chi connectivity index (χ0) is 16.3. The van der Waals surface area contributed by atoms with Gasteiger partial charge in [-0.1, -0.05) is 25.0 Å². The number of rotatable bonds is 4. The largest absolute Gasteiger partial charge is 0.497 e. The molecule has 1 aromatic rings. The second-order valence-electron chi connectivity index (χ2n) is 6.48. The molecule has 0 aromatic heterocycles. The summed E-state index contributed by atoms with van der Waals surface area (Å²) in [4.78, 5) is 24.9. The molecular formula is C18H24N2O3. The summed E-state index contributed by atoms with van der Waals surface area (Å²) in [6, 6.07) is 7.36. The van der Waals surface area contributed by atoms with Gasteiger partial charge in [0.2, 0.25) is 11.8 Å². The normalized spacial score (nSPS) is 23.2. The van der Waals surface area contributed by atoms with Crippen LogP contribution in [0.5, 0.6) is 5.75 Å². The number of carbonyl (C=O) groups is 2. The molecule has 1 saturated heterocycles. The van der Waals surface area contributed by atoms with Crippen molar-refractivity contribution in [2.45, 2.75) is 50.0 Å². The number of nitrogens with one attached hydrogen (secondary N) is 2. The van der Waals surface area contributed by atoms with Gasteiger partial charge < -0.3 is 15.4 Å². The molecule has 1 atom stereocenters. The van der Waals surface area contributed by atoms with E-state index >= 15 is 0 Å². The van der Waals surface area contributed by atoms with Crippen LogP contribution in [0.25, 0.3) is 0 Å². The van der Waals surface area contributed by atoms with Crippen LogP contribution in [-0.2, 0) is 15.0 Å². The van der Waals surface area contributed by atoms with E-state index in [-0.39, 0.29) is 11.8 Å². The molecule has 2 fully saturated rings. The molecule has 0 bridgehead atoms. The summed E-state index contributed by atoms with van der Waals surface area (Å²) in [5.41, 5.74) is 0.508. The van der Waals surface area contributed by atoms with Crippen molar-refractivity contribution in [1.82, 2.24) is 10.6 Å². The highest BCUT2D eigenvalue weighted by molar-refractivity contribution is 5.93. The Labute approximate surface area is 136 Å². The van der Waals surface area contributed by atoms with Gasteiger partial charge in [-0.2, -0.15) is 0 Å². The zero-order valence-corrected chi connectivity index (χ0v) is 13.6. The van der Waals surface area contributed by atoms with E-state index in [0.29, 0.717) is 6.54 Å². The lowest BCUT2D eigenvalue weighted by molar-refractivity contribution is -0.133. The van der Waals surface area contributed by atoms with Gasteiger partial charge in [-0.15, -0.1) is 0 Å². The van der Waals surface area contributed by atoms with E-state index in [9.17, 15) is 9.59 Å². The minimum atomic E-state index is -0.510. The van der Waals surface area contributed by atoms with E-state index in [1.807, 2.05) is 24.3 Å². The van der Waals surface area contributed by atoms with E-state index in [1.165, 1.54) is 0 Å². The smallest absolute Gasteiger partial charge is 0.242 e. The van der Waals surface area contributed by atoms with Gasteiger partial charge in [0.1, 0.15) is 11.8 Å². The first-order chi connectivity index (χ1) is 11.2. The third kappa shape index (κ3) is 3.05. The minimum Gasteiger partial charge on any atom is -0.497 e. The number of benzene rings is 1. The third-order valence-corrected chi connectivity index (χ3v) is 5.12. The summed E-state index contributed by atoms with van der Waals surface area (Å²) >= 11 is 0. The van der Waals surface area contributed by atoms with Crippen LogP contribution in [0.4, 0.5) is 0 Å². The van der Waals surface area contributed by atoms with E-state index in [0.717, 1.165) is 49.8 Å². The molecule has 124 valence electrons. The van der Waals surface area contributed by atoms with Gasteiger partial charge in [-0.25, -0.2) is 0 Å². The summed E-state index contributed by atoms with van der Waals surface area (Å²) in [5, 5.41) is 5.82. The van der Waals surface area contributed by atoms with Gasteiger partial charge in [0.05, 0.1) is 12.5 Å². The summed E-state index contributed by atoms with van der Waals surface area (Å²) in [6.45, 7) is 0.703. The van der Waals surface area contributed by atoms with Gasteiger partial charge >= 0.3 is 0 Å². The van der Waals surface area contributed by atoms with Crippen LogP contribution in [0.2, 0.25) is 0 Å².